The number of halogens is 1. The van der Waals surface area contributed by atoms with Gasteiger partial charge in [0.15, 0.2) is 11.9 Å². The smallest absolute Gasteiger partial charge is 0.288 e. The summed E-state index contributed by atoms with van der Waals surface area (Å²) in [5.74, 6) is 1.05. The first kappa shape index (κ1) is 15.2. The van der Waals surface area contributed by atoms with E-state index in [0.717, 1.165) is 0 Å². The number of ether oxygens (including phenoxy) is 2. The predicted molar refractivity (Wildman–Crippen MR) is 72.2 cm³/mol. The zero-order chi connectivity index (χ0) is 15.4. The van der Waals surface area contributed by atoms with Crippen molar-refractivity contribution in [1.82, 2.24) is 10.1 Å². The molecule has 21 heavy (non-hydrogen) atoms. The number of nitro groups is 1. The number of benzene rings is 1. The number of nitrogens with zero attached hydrogens (tertiary/aromatic N) is 3. The van der Waals surface area contributed by atoms with Gasteiger partial charge in [0.2, 0.25) is 0 Å². The van der Waals surface area contributed by atoms with Crippen molar-refractivity contribution in [3.05, 3.63) is 45.1 Å². The monoisotopic (exact) mass is 313 g/mol. The molecule has 112 valence electrons. The molecule has 2 rings (SSSR count). The second-order valence-electron chi connectivity index (χ2n) is 4.11. The fourth-order valence-corrected chi connectivity index (χ4v) is 1.82. The summed E-state index contributed by atoms with van der Waals surface area (Å²) in [5, 5.41) is 14.4. The molecular formula is C12H12ClN3O5. The highest BCUT2D eigenvalue weighted by Crippen LogP contribution is 2.30. The standard InChI is InChI=1S/C12H12ClN3O5/c1-7(12-14-11(6-19-2)15-21-12)20-8-3-4-10(16(17)18)9(13)5-8/h3-5,7H,6H2,1-2H3. The van der Waals surface area contributed by atoms with E-state index in [1.54, 1.807) is 6.92 Å². The molecule has 0 radical (unpaired) electrons. The molecule has 1 heterocycles. The summed E-state index contributed by atoms with van der Waals surface area (Å²) in [5.41, 5.74) is -0.183. The summed E-state index contributed by atoms with van der Waals surface area (Å²) in [7, 11) is 1.52. The SMILES string of the molecule is COCc1noc(C(C)Oc2ccc([N+](=O)[O-])c(Cl)c2)n1. The van der Waals surface area contributed by atoms with Crippen molar-refractivity contribution in [2.75, 3.05) is 7.11 Å². The minimum atomic E-state index is -0.565. The van der Waals surface area contributed by atoms with E-state index in [2.05, 4.69) is 10.1 Å². The molecule has 1 aromatic carbocycles. The maximum absolute atomic E-state index is 10.7. The molecule has 9 heteroatoms. The average Bonchev–Trinajstić information content (AvgIpc) is 2.87. The van der Waals surface area contributed by atoms with E-state index < -0.39 is 11.0 Å². The van der Waals surface area contributed by atoms with Gasteiger partial charge in [-0.05, 0) is 13.0 Å². The maximum atomic E-state index is 10.7. The molecule has 0 spiro atoms. The van der Waals surface area contributed by atoms with Gasteiger partial charge in [-0.15, -0.1) is 0 Å². The van der Waals surface area contributed by atoms with Crippen LogP contribution in [0, 0.1) is 10.1 Å². The Labute approximate surface area is 124 Å². The molecule has 0 fully saturated rings. The molecule has 0 aliphatic carbocycles. The summed E-state index contributed by atoms with van der Waals surface area (Å²) in [6.45, 7) is 1.94. The Bertz CT molecular complexity index is 646. The van der Waals surface area contributed by atoms with Gasteiger partial charge in [0, 0.05) is 19.2 Å². The van der Waals surface area contributed by atoms with Crippen LogP contribution in [0.4, 0.5) is 5.69 Å². The second kappa shape index (κ2) is 6.51. The molecule has 0 saturated heterocycles. The van der Waals surface area contributed by atoms with Crippen LogP contribution in [0.2, 0.25) is 5.02 Å². The van der Waals surface area contributed by atoms with Gasteiger partial charge in [-0.3, -0.25) is 10.1 Å². The highest BCUT2D eigenvalue weighted by atomic mass is 35.5. The normalized spacial score (nSPS) is 12.1. The predicted octanol–water partition coefficient (Wildman–Crippen LogP) is 2.92. The van der Waals surface area contributed by atoms with Crippen molar-refractivity contribution in [2.24, 2.45) is 0 Å². The quantitative estimate of drug-likeness (QED) is 0.597. The number of methoxy groups -OCH3 is 1. The summed E-state index contributed by atoms with van der Waals surface area (Å²) in [6.07, 6.45) is -0.527. The van der Waals surface area contributed by atoms with Gasteiger partial charge in [0.1, 0.15) is 17.4 Å². The molecule has 2 aromatic rings. The molecule has 0 bridgehead atoms. The largest absolute Gasteiger partial charge is 0.481 e. The zero-order valence-electron chi connectivity index (χ0n) is 11.3. The van der Waals surface area contributed by atoms with Crippen LogP contribution in [0.3, 0.4) is 0 Å². The Morgan fingerprint density at radius 1 is 1.52 bits per heavy atom. The molecule has 1 atom stereocenters. The lowest BCUT2D eigenvalue weighted by molar-refractivity contribution is -0.384. The van der Waals surface area contributed by atoms with Gasteiger partial charge in [0.25, 0.3) is 11.6 Å². The Balaban J connectivity index is 2.09. The van der Waals surface area contributed by atoms with E-state index in [0.29, 0.717) is 11.6 Å². The highest BCUT2D eigenvalue weighted by molar-refractivity contribution is 6.32. The molecular weight excluding hydrogens is 302 g/mol. The Kier molecular flexibility index (Phi) is 4.71. The third-order valence-corrected chi connectivity index (χ3v) is 2.84. The topological polar surface area (TPSA) is 101 Å². The van der Waals surface area contributed by atoms with Gasteiger partial charge in [0.05, 0.1) is 4.92 Å². The fraction of sp³-hybridized carbons (Fsp3) is 0.333. The zero-order valence-corrected chi connectivity index (χ0v) is 12.0. The summed E-state index contributed by atoms with van der Waals surface area (Å²) in [4.78, 5) is 14.2. The Hall–Kier alpha value is -2.19. The minimum absolute atomic E-state index is 0.00435. The lowest BCUT2D eigenvalue weighted by Crippen LogP contribution is -2.04. The van der Waals surface area contributed by atoms with Crippen molar-refractivity contribution < 1.29 is 18.9 Å². The lowest BCUT2D eigenvalue weighted by Gasteiger charge is -2.10. The third-order valence-electron chi connectivity index (χ3n) is 2.53. The van der Waals surface area contributed by atoms with Gasteiger partial charge >= 0.3 is 0 Å². The first-order chi connectivity index (χ1) is 10.0. The number of rotatable bonds is 6. The molecule has 0 saturated carbocycles. The minimum Gasteiger partial charge on any atom is -0.481 e. The van der Waals surface area contributed by atoms with Crippen LogP contribution in [0.15, 0.2) is 22.7 Å². The fourth-order valence-electron chi connectivity index (χ4n) is 1.58. The molecule has 0 aliphatic heterocycles. The number of nitro benzene ring substituents is 1. The molecule has 0 N–H and O–H groups in total. The molecule has 1 unspecified atom stereocenters. The van der Waals surface area contributed by atoms with Gasteiger partial charge in [-0.1, -0.05) is 16.8 Å². The van der Waals surface area contributed by atoms with Crippen molar-refractivity contribution in [1.29, 1.82) is 0 Å². The number of hydrogen-bond donors (Lipinski definition) is 0. The van der Waals surface area contributed by atoms with Crippen LogP contribution in [0.25, 0.3) is 0 Å². The van der Waals surface area contributed by atoms with Crippen LogP contribution in [0.1, 0.15) is 24.7 Å². The first-order valence-corrected chi connectivity index (χ1v) is 6.31. The van der Waals surface area contributed by atoms with Crippen molar-refractivity contribution in [3.8, 4) is 5.75 Å². The van der Waals surface area contributed by atoms with E-state index >= 15 is 0 Å². The second-order valence-corrected chi connectivity index (χ2v) is 4.52. The first-order valence-electron chi connectivity index (χ1n) is 5.93. The van der Waals surface area contributed by atoms with Crippen molar-refractivity contribution in [2.45, 2.75) is 19.6 Å². The third kappa shape index (κ3) is 3.67. The van der Waals surface area contributed by atoms with Crippen molar-refractivity contribution >= 4 is 17.3 Å². The molecule has 1 aromatic heterocycles. The van der Waals surface area contributed by atoms with Crippen LogP contribution in [0.5, 0.6) is 5.75 Å². The summed E-state index contributed by atoms with van der Waals surface area (Å²) >= 11 is 5.81. The Morgan fingerprint density at radius 3 is 2.90 bits per heavy atom. The van der Waals surface area contributed by atoms with Crippen LogP contribution < -0.4 is 4.74 Å². The van der Waals surface area contributed by atoms with Crippen LogP contribution in [-0.2, 0) is 11.3 Å². The van der Waals surface area contributed by atoms with Gasteiger partial charge in [-0.2, -0.15) is 4.98 Å². The van der Waals surface area contributed by atoms with Crippen LogP contribution in [-0.4, -0.2) is 22.2 Å². The molecule has 8 nitrogen and oxygen atoms in total. The average molecular weight is 314 g/mol. The van der Waals surface area contributed by atoms with Gasteiger partial charge in [-0.25, -0.2) is 0 Å². The maximum Gasteiger partial charge on any atom is 0.288 e. The van der Waals surface area contributed by atoms with E-state index in [4.69, 9.17) is 25.6 Å². The molecule has 0 amide bonds. The van der Waals surface area contributed by atoms with Crippen LogP contribution >= 0.6 is 11.6 Å². The van der Waals surface area contributed by atoms with E-state index in [1.165, 1.54) is 25.3 Å². The lowest BCUT2D eigenvalue weighted by atomic mass is 10.3. The highest BCUT2D eigenvalue weighted by Gasteiger charge is 2.18. The van der Waals surface area contributed by atoms with Crippen molar-refractivity contribution in [3.63, 3.8) is 0 Å². The number of aromatic nitrogens is 2. The van der Waals surface area contributed by atoms with E-state index in [1.807, 2.05) is 0 Å². The number of hydrogen-bond acceptors (Lipinski definition) is 7. The van der Waals surface area contributed by atoms with E-state index in [-0.39, 0.29) is 23.2 Å². The van der Waals surface area contributed by atoms with E-state index in [9.17, 15) is 10.1 Å². The summed E-state index contributed by atoms with van der Waals surface area (Å²) in [6, 6.07) is 4.09. The summed E-state index contributed by atoms with van der Waals surface area (Å²) < 4.78 is 15.5. The molecule has 0 aliphatic rings. The van der Waals surface area contributed by atoms with Gasteiger partial charge < -0.3 is 14.0 Å². The Morgan fingerprint density at radius 2 is 2.29 bits per heavy atom.